The van der Waals surface area contributed by atoms with Crippen molar-refractivity contribution in [1.29, 1.82) is 0 Å². The van der Waals surface area contributed by atoms with Gasteiger partial charge in [0, 0.05) is 56.8 Å². The predicted octanol–water partition coefficient (Wildman–Crippen LogP) is 3.23. The second kappa shape index (κ2) is 12.3. The molecule has 3 fully saturated rings. The Morgan fingerprint density at radius 3 is 2.54 bits per heavy atom. The van der Waals surface area contributed by atoms with Crippen LogP contribution in [0.3, 0.4) is 0 Å². The summed E-state index contributed by atoms with van der Waals surface area (Å²) in [5.41, 5.74) is 2.23. The molecule has 3 aliphatic rings. The summed E-state index contributed by atoms with van der Waals surface area (Å²) in [6.45, 7) is 5.76. The fourth-order valence-corrected chi connectivity index (χ4v) is 5.56. The summed E-state index contributed by atoms with van der Waals surface area (Å²) in [6.07, 6.45) is 7.37. The first-order valence-electron chi connectivity index (χ1n) is 13.4. The van der Waals surface area contributed by atoms with E-state index >= 15 is 0 Å². The second-order valence-corrected chi connectivity index (χ2v) is 10.4. The zero-order valence-electron chi connectivity index (χ0n) is 21.6. The fourth-order valence-electron chi connectivity index (χ4n) is 5.56. The van der Waals surface area contributed by atoms with Gasteiger partial charge in [0.2, 0.25) is 11.9 Å². The summed E-state index contributed by atoms with van der Waals surface area (Å²) in [7, 11) is 1.67. The number of halogens is 1. The van der Waals surface area contributed by atoms with E-state index in [0.717, 1.165) is 37.4 Å². The van der Waals surface area contributed by atoms with E-state index in [2.05, 4.69) is 14.9 Å². The number of anilines is 1. The van der Waals surface area contributed by atoms with Gasteiger partial charge in [0.15, 0.2) is 0 Å². The first-order valence-corrected chi connectivity index (χ1v) is 13.4. The Hall–Kier alpha value is -2.62. The fraction of sp³-hybridized carbons (Fsp3) is 0.607. The van der Waals surface area contributed by atoms with Gasteiger partial charge in [-0.2, -0.15) is 0 Å². The lowest BCUT2D eigenvalue weighted by atomic mass is 9.91. The first-order chi connectivity index (χ1) is 18.1. The third-order valence-electron chi connectivity index (χ3n) is 7.83. The van der Waals surface area contributed by atoms with Crippen molar-refractivity contribution < 1.29 is 23.4 Å². The quantitative estimate of drug-likeness (QED) is 0.484. The van der Waals surface area contributed by atoms with Gasteiger partial charge in [0.1, 0.15) is 5.82 Å². The van der Waals surface area contributed by atoms with Crippen LogP contribution in [0, 0.1) is 23.6 Å². The number of piperidine rings is 1. The minimum atomic E-state index is -0.301. The number of carbonyl (C=O) groups is 1. The highest BCUT2D eigenvalue weighted by Gasteiger charge is 2.43. The number of carbonyl (C=O) groups excluding carboxylic acids is 1. The third kappa shape index (κ3) is 6.83. The average molecular weight is 513 g/mol. The molecule has 0 N–H and O–H groups in total. The van der Waals surface area contributed by atoms with Gasteiger partial charge in [-0.15, -0.1) is 0 Å². The Morgan fingerprint density at radius 2 is 1.84 bits per heavy atom. The largest absolute Gasteiger partial charge is 0.380 e. The Kier molecular flexibility index (Phi) is 8.63. The number of rotatable bonds is 10. The molecule has 0 bridgehead atoms. The van der Waals surface area contributed by atoms with E-state index in [9.17, 15) is 9.18 Å². The van der Waals surface area contributed by atoms with E-state index in [1.807, 2.05) is 18.5 Å². The highest BCUT2D eigenvalue weighted by Crippen LogP contribution is 2.48. The van der Waals surface area contributed by atoms with E-state index in [-0.39, 0.29) is 24.8 Å². The Balaban J connectivity index is 1.01. The summed E-state index contributed by atoms with van der Waals surface area (Å²) in [5, 5.41) is 0. The second-order valence-electron chi connectivity index (χ2n) is 10.4. The van der Waals surface area contributed by atoms with Crippen LogP contribution in [0.25, 0.3) is 0 Å². The molecule has 3 heterocycles. The van der Waals surface area contributed by atoms with Crippen molar-refractivity contribution in [2.45, 2.75) is 38.9 Å². The minimum absolute atomic E-state index is 0.0183. The van der Waals surface area contributed by atoms with Gasteiger partial charge < -0.3 is 24.0 Å². The standard InChI is InChI=1S/C28H37FN4O4/c1-35-17-21-15-30-28(31-16-21)33-6-4-22(5-7-33)25-14-24(25)19-37-18-23-3-2-20(12-26(23)29)13-27(34)32-8-10-36-11-9-32/h2-3,12,15-16,22,24-25H,4-11,13-14,17-19H2,1H3/t24-,25+/m0/s1. The number of aromatic nitrogens is 2. The molecule has 2 atom stereocenters. The molecule has 1 aromatic carbocycles. The maximum absolute atomic E-state index is 14.6. The molecule has 0 radical (unpaired) electrons. The zero-order chi connectivity index (χ0) is 25.6. The average Bonchev–Trinajstić information content (AvgIpc) is 3.71. The lowest BCUT2D eigenvalue weighted by molar-refractivity contribution is -0.134. The van der Waals surface area contributed by atoms with E-state index in [1.165, 1.54) is 12.5 Å². The maximum Gasteiger partial charge on any atom is 0.227 e. The van der Waals surface area contributed by atoms with Gasteiger partial charge in [-0.1, -0.05) is 12.1 Å². The molecule has 9 heteroatoms. The van der Waals surface area contributed by atoms with E-state index < -0.39 is 0 Å². The smallest absolute Gasteiger partial charge is 0.227 e. The number of amides is 1. The molecule has 1 aromatic heterocycles. The molecule has 2 aliphatic heterocycles. The molecule has 200 valence electrons. The lowest BCUT2D eigenvalue weighted by Gasteiger charge is -2.32. The van der Waals surface area contributed by atoms with Crippen LogP contribution in [0.2, 0.25) is 0 Å². The monoisotopic (exact) mass is 512 g/mol. The molecule has 2 saturated heterocycles. The first kappa shape index (κ1) is 26.0. The Bertz CT molecular complexity index is 1040. The third-order valence-corrected chi connectivity index (χ3v) is 7.83. The van der Waals surface area contributed by atoms with Crippen molar-refractivity contribution in [1.82, 2.24) is 14.9 Å². The normalized spacial score (nSPS) is 22.3. The molecule has 5 rings (SSSR count). The SMILES string of the molecule is COCc1cnc(N2CCC([C@H]3C[C@H]3COCc3ccc(CC(=O)N4CCOCC4)cc3F)CC2)nc1. The van der Waals surface area contributed by atoms with Gasteiger partial charge in [0.05, 0.1) is 39.5 Å². The summed E-state index contributed by atoms with van der Waals surface area (Å²) in [6, 6.07) is 5.06. The molecular formula is C28H37FN4O4. The Labute approximate surface area is 218 Å². The molecule has 1 amide bonds. The molecule has 1 saturated carbocycles. The molecule has 2 aromatic rings. The number of benzene rings is 1. The number of morpholine rings is 1. The number of hydrogen-bond donors (Lipinski definition) is 0. The highest BCUT2D eigenvalue weighted by molar-refractivity contribution is 5.78. The van der Waals surface area contributed by atoms with Gasteiger partial charge in [-0.05, 0) is 48.6 Å². The minimum Gasteiger partial charge on any atom is -0.380 e. The van der Waals surface area contributed by atoms with E-state index in [1.54, 1.807) is 18.1 Å². The van der Waals surface area contributed by atoms with Gasteiger partial charge in [-0.25, -0.2) is 14.4 Å². The molecule has 1 aliphatic carbocycles. The number of ether oxygens (including phenoxy) is 3. The van der Waals surface area contributed by atoms with Crippen molar-refractivity contribution in [3.05, 3.63) is 53.1 Å². The number of hydrogen-bond acceptors (Lipinski definition) is 7. The maximum atomic E-state index is 14.6. The lowest BCUT2D eigenvalue weighted by Crippen LogP contribution is -2.41. The van der Waals surface area contributed by atoms with Crippen molar-refractivity contribution in [3.8, 4) is 0 Å². The molecule has 37 heavy (non-hydrogen) atoms. The Morgan fingerprint density at radius 1 is 1.08 bits per heavy atom. The summed E-state index contributed by atoms with van der Waals surface area (Å²) in [4.78, 5) is 25.5. The molecule has 0 spiro atoms. The van der Waals surface area contributed by atoms with Crippen LogP contribution in [0.5, 0.6) is 0 Å². The highest BCUT2D eigenvalue weighted by atomic mass is 19.1. The van der Waals surface area contributed by atoms with Crippen LogP contribution < -0.4 is 4.90 Å². The summed E-state index contributed by atoms with van der Waals surface area (Å²) in [5.74, 6) is 2.49. The van der Waals surface area contributed by atoms with Crippen LogP contribution in [0.15, 0.2) is 30.6 Å². The van der Waals surface area contributed by atoms with Crippen LogP contribution in [0.1, 0.15) is 36.0 Å². The predicted molar refractivity (Wildman–Crippen MR) is 136 cm³/mol. The molecule has 8 nitrogen and oxygen atoms in total. The molecular weight excluding hydrogens is 475 g/mol. The van der Waals surface area contributed by atoms with Crippen molar-refractivity contribution in [2.75, 3.05) is 58.0 Å². The summed E-state index contributed by atoms with van der Waals surface area (Å²) < 4.78 is 31.0. The number of methoxy groups -OCH3 is 1. The topological polar surface area (TPSA) is 77.0 Å². The van der Waals surface area contributed by atoms with Gasteiger partial charge >= 0.3 is 0 Å². The number of nitrogens with zero attached hydrogens (tertiary/aromatic N) is 4. The van der Waals surface area contributed by atoms with E-state index in [4.69, 9.17) is 14.2 Å². The zero-order valence-corrected chi connectivity index (χ0v) is 21.6. The van der Waals surface area contributed by atoms with Crippen LogP contribution >= 0.6 is 0 Å². The van der Waals surface area contributed by atoms with E-state index in [0.29, 0.717) is 68.4 Å². The molecule has 0 unspecified atom stereocenters. The van der Waals surface area contributed by atoms with Gasteiger partial charge in [0.25, 0.3) is 0 Å². The van der Waals surface area contributed by atoms with Crippen molar-refractivity contribution in [2.24, 2.45) is 17.8 Å². The van der Waals surface area contributed by atoms with Crippen LogP contribution in [-0.2, 0) is 38.6 Å². The van der Waals surface area contributed by atoms with Crippen LogP contribution in [0.4, 0.5) is 10.3 Å². The van der Waals surface area contributed by atoms with Gasteiger partial charge in [-0.3, -0.25) is 4.79 Å². The van der Waals surface area contributed by atoms with Crippen molar-refractivity contribution >= 4 is 11.9 Å². The van der Waals surface area contributed by atoms with Crippen molar-refractivity contribution in [3.63, 3.8) is 0 Å². The van der Waals surface area contributed by atoms with Crippen LogP contribution in [-0.4, -0.2) is 73.9 Å². The summed E-state index contributed by atoms with van der Waals surface area (Å²) >= 11 is 0.